The number of carbonyl (C=O) groups is 1. The maximum Gasteiger partial charge on any atom is 0.315 e. The van der Waals surface area contributed by atoms with E-state index in [0.717, 1.165) is 25.7 Å². The number of allylic oxidation sites excluding steroid dienone is 2. The zero-order valence-corrected chi connectivity index (χ0v) is 17.7. The maximum absolute atomic E-state index is 13.3. The lowest BCUT2D eigenvalue weighted by molar-refractivity contribution is -0.151. The lowest BCUT2D eigenvalue weighted by Crippen LogP contribution is -2.35. The van der Waals surface area contributed by atoms with Crippen molar-refractivity contribution in [1.29, 1.82) is 0 Å². The number of rotatable bonds is 4. The van der Waals surface area contributed by atoms with Crippen molar-refractivity contribution in [2.24, 2.45) is 10.9 Å². The molecule has 2 heterocycles. The van der Waals surface area contributed by atoms with E-state index in [0.29, 0.717) is 38.5 Å². The molecule has 2 unspecified atom stereocenters. The first-order chi connectivity index (χ1) is 14.0. The van der Waals surface area contributed by atoms with Gasteiger partial charge < -0.3 is 9.15 Å². The standard InChI is InChI=1S/C21H21Cl2N3O3/c1-11-16(20-26-24-10-28-20)18(14-8-5-9-15(22)19(14)23)17(12(2)25-11)21(27)29-13-6-3-4-7-13/h5,8-10,13,17-18H,3-4,6-7H2,1-2H3. The molecule has 1 aromatic heterocycles. The molecule has 8 heteroatoms. The van der Waals surface area contributed by atoms with Gasteiger partial charge in [-0.15, -0.1) is 10.2 Å². The van der Waals surface area contributed by atoms with Crippen LogP contribution in [0.15, 0.2) is 39.7 Å². The monoisotopic (exact) mass is 433 g/mol. The van der Waals surface area contributed by atoms with E-state index in [1.54, 1.807) is 6.07 Å². The van der Waals surface area contributed by atoms with E-state index in [1.165, 1.54) is 6.39 Å². The van der Waals surface area contributed by atoms with E-state index >= 15 is 0 Å². The lowest BCUT2D eigenvalue weighted by atomic mass is 9.75. The third-order valence-corrected chi connectivity index (χ3v) is 6.41. The zero-order chi connectivity index (χ0) is 20.5. The number of carbonyl (C=O) groups excluding carboxylic acids is 1. The minimum absolute atomic E-state index is 0.0513. The Kier molecular flexibility index (Phi) is 5.74. The SMILES string of the molecule is CC1=NC(C)=C(c2nnco2)C(c2cccc(Cl)c2Cl)C1C(=O)OC1CCCC1. The lowest BCUT2D eigenvalue weighted by Gasteiger charge is -2.32. The van der Waals surface area contributed by atoms with Crippen LogP contribution in [0.5, 0.6) is 0 Å². The largest absolute Gasteiger partial charge is 0.462 e. The van der Waals surface area contributed by atoms with Crippen LogP contribution >= 0.6 is 23.2 Å². The number of benzene rings is 1. The average Bonchev–Trinajstić information content (AvgIpc) is 3.37. The second kappa shape index (κ2) is 8.28. The van der Waals surface area contributed by atoms with Gasteiger partial charge in [-0.05, 0) is 51.2 Å². The van der Waals surface area contributed by atoms with Gasteiger partial charge in [0.05, 0.1) is 10.0 Å². The van der Waals surface area contributed by atoms with Gasteiger partial charge in [0.15, 0.2) is 0 Å². The molecule has 1 saturated carbocycles. The van der Waals surface area contributed by atoms with Gasteiger partial charge in [0.25, 0.3) is 0 Å². The number of esters is 1. The van der Waals surface area contributed by atoms with Gasteiger partial charge >= 0.3 is 5.97 Å². The third kappa shape index (κ3) is 3.83. The highest BCUT2D eigenvalue weighted by Crippen LogP contribution is 2.47. The molecule has 0 radical (unpaired) electrons. The second-order valence-corrected chi connectivity index (χ2v) is 8.22. The minimum atomic E-state index is -0.655. The fraction of sp³-hybridized carbons (Fsp3) is 0.429. The summed E-state index contributed by atoms with van der Waals surface area (Å²) in [5, 5.41) is 8.66. The highest BCUT2D eigenvalue weighted by atomic mass is 35.5. The normalized spacial score (nSPS) is 22.7. The summed E-state index contributed by atoms with van der Waals surface area (Å²) in [4.78, 5) is 17.9. The molecule has 2 aliphatic rings. The molecule has 0 saturated heterocycles. The molecule has 152 valence electrons. The van der Waals surface area contributed by atoms with Crippen LogP contribution in [0, 0.1) is 5.92 Å². The summed E-state index contributed by atoms with van der Waals surface area (Å²) in [5.41, 5.74) is 2.72. The quantitative estimate of drug-likeness (QED) is 0.597. The molecule has 1 aliphatic carbocycles. The van der Waals surface area contributed by atoms with Gasteiger partial charge in [-0.2, -0.15) is 0 Å². The summed E-state index contributed by atoms with van der Waals surface area (Å²) in [7, 11) is 0. The van der Waals surface area contributed by atoms with Crippen LogP contribution in [0.2, 0.25) is 10.0 Å². The Bertz CT molecular complexity index is 979. The Labute approximate surface area is 179 Å². The Morgan fingerprint density at radius 1 is 1.21 bits per heavy atom. The van der Waals surface area contributed by atoms with Gasteiger partial charge in [0.2, 0.25) is 12.3 Å². The van der Waals surface area contributed by atoms with Crippen molar-refractivity contribution in [2.75, 3.05) is 0 Å². The molecular weight excluding hydrogens is 413 g/mol. The predicted octanol–water partition coefficient (Wildman–Crippen LogP) is 5.47. The van der Waals surface area contributed by atoms with Gasteiger partial charge in [-0.1, -0.05) is 35.3 Å². The molecule has 0 bridgehead atoms. The average molecular weight is 434 g/mol. The van der Waals surface area contributed by atoms with Crippen molar-refractivity contribution >= 4 is 40.5 Å². The number of nitrogens with zero attached hydrogens (tertiary/aromatic N) is 3. The molecular formula is C21H21Cl2N3O3. The highest BCUT2D eigenvalue weighted by Gasteiger charge is 2.43. The molecule has 0 amide bonds. The van der Waals surface area contributed by atoms with Gasteiger partial charge in [0.1, 0.15) is 12.0 Å². The fourth-order valence-corrected chi connectivity index (χ4v) is 4.68. The number of aliphatic imine (C=N–C) groups is 1. The number of hydrogen-bond acceptors (Lipinski definition) is 6. The Balaban J connectivity index is 1.83. The van der Waals surface area contributed by atoms with E-state index < -0.39 is 11.8 Å². The molecule has 6 nitrogen and oxygen atoms in total. The highest BCUT2D eigenvalue weighted by molar-refractivity contribution is 6.42. The topological polar surface area (TPSA) is 77.6 Å². The number of ether oxygens (including phenoxy) is 1. The summed E-state index contributed by atoms with van der Waals surface area (Å²) in [6.45, 7) is 3.69. The summed E-state index contributed by atoms with van der Waals surface area (Å²) < 4.78 is 11.3. The van der Waals surface area contributed by atoms with Gasteiger partial charge in [-0.3, -0.25) is 9.79 Å². The second-order valence-electron chi connectivity index (χ2n) is 7.44. The summed E-state index contributed by atoms with van der Waals surface area (Å²) in [6.07, 6.45) is 5.13. The van der Waals surface area contributed by atoms with Crippen LogP contribution < -0.4 is 0 Å². The molecule has 29 heavy (non-hydrogen) atoms. The molecule has 0 spiro atoms. The molecule has 1 aromatic carbocycles. The molecule has 1 fully saturated rings. The minimum Gasteiger partial charge on any atom is -0.462 e. The van der Waals surface area contributed by atoms with E-state index in [-0.39, 0.29) is 12.1 Å². The van der Waals surface area contributed by atoms with Crippen molar-refractivity contribution in [3.8, 4) is 0 Å². The van der Waals surface area contributed by atoms with Crippen molar-refractivity contribution in [3.05, 3.63) is 51.8 Å². The van der Waals surface area contributed by atoms with Crippen LogP contribution in [0.1, 0.15) is 56.9 Å². The molecule has 1 aliphatic heterocycles. The first-order valence-corrected chi connectivity index (χ1v) is 10.4. The Hall–Kier alpha value is -2.18. The molecule has 4 rings (SSSR count). The van der Waals surface area contributed by atoms with Crippen LogP contribution in [0.4, 0.5) is 0 Å². The van der Waals surface area contributed by atoms with E-state index in [2.05, 4.69) is 15.2 Å². The number of aromatic nitrogens is 2. The van der Waals surface area contributed by atoms with Crippen LogP contribution in [0.25, 0.3) is 5.57 Å². The number of halogens is 2. The summed E-state index contributed by atoms with van der Waals surface area (Å²) >= 11 is 12.9. The molecule has 2 atom stereocenters. The fourth-order valence-electron chi connectivity index (χ4n) is 4.25. The van der Waals surface area contributed by atoms with E-state index in [4.69, 9.17) is 32.4 Å². The van der Waals surface area contributed by atoms with Crippen LogP contribution in [-0.4, -0.2) is 28.0 Å². The van der Waals surface area contributed by atoms with E-state index in [1.807, 2.05) is 26.0 Å². The zero-order valence-electron chi connectivity index (χ0n) is 16.2. The third-order valence-electron chi connectivity index (χ3n) is 5.57. The van der Waals surface area contributed by atoms with Gasteiger partial charge in [0, 0.05) is 22.9 Å². The Morgan fingerprint density at radius 3 is 2.66 bits per heavy atom. The number of hydrogen-bond donors (Lipinski definition) is 0. The Morgan fingerprint density at radius 2 is 1.97 bits per heavy atom. The predicted molar refractivity (Wildman–Crippen MR) is 111 cm³/mol. The van der Waals surface area contributed by atoms with Gasteiger partial charge in [-0.25, -0.2) is 0 Å². The van der Waals surface area contributed by atoms with Crippen molar-refractivity contribution in [1.82, 2.24) is 10.2 Å². The van der Waals surface area contributed by atoms with E-state index in [9.17, 15) is 4.79 Å². The van der Waals surface area contributed by atoms with Crippen molar-refractivity contribution in [3.63, 3.8) is 0 Å². The van der Waals surface area contributed by atoms with Crippen molar-refractivity contribution in [2.45, 2.75) is 51.6 Å². The summed E-state index contributed by atoms with van der Waals surface area (Å²) in [5.74, 6) is -1.16. The van der Waals surface area contributed by atoms with Crippen molar-refractivity contribution < 1.29 is 13.9 Å². The maximum atomic E-state index is 13.3. The first-order valence-electron chi connectivity index (χ1n) is 9.64. The smallest absolute Gasteiger partial charge is 0.315 e. The van der Waals surface area contributed by atoms with Crippen LogP contribution in [-0.2, 0) is 9.53 Å². The molecule has 2 aromatic rings. The van der Waals surface area contributed by atoms with Crippen LogP contribution in [0.3, 0.4) is 0 Å². The first kappa shape index (κ1) is 20.1. The summed E-state index contributed by atoms with van der Waals surface area (Å²) in [6, 6.07) is 5.38. The molecule has 0 N–H and O–H groups in total.